The van der Waals surface area contributed by atoms with Gasteiger partial charge in [0, 0.05) is 49.6 Å². The Kier molecular flexibility index (Phi) is 4.58. The zero-order valence-electron chi connectivity index (χ0n) is 17.9. The lowest BCUT2D eigenvalue weighted by molar-refractivity contribution is 0.284. The van der Waals surface area contributed by atoms with Crippen LogP contribution in [0.4, 0.5) is 0 Å². The van der Waals surface area contributed by atoms with E-state index in [4.69, 9.17) is 4.74 Å². The van der Waals surface area contributed by atoms with Crippen molar-refractivity contribution in [3.8, 4) is 17.0 Å². The van der Waals surface area contributed by atoms with Gasteiger partial charge in [-0.2, -0.15) is 15.3 Å². The molecule has 2 bridgehead atoms. The maximum absolute atomic E-state index is 6.15. The molecule has 156 valence electrons. The van der Waals surface area contributed by atoms with Crippen molar-refractivity contribution in [1.82, 2.24) is 35.1 Å². The van der Waals surface area contributed by atoms with Crippen LogP contribution in [-0.2, 0) is 27.1 Å². The highest BCUT2D eigenvalue weighted by Gasteiger charge is 2.22. The predicted molar refractivity (Wildman–Crippen MR) is 116 cm³/mol. The van der Waals surface area contributed by atoms with Crippen molar-refractivity contribution in [2.24, 2.45) is 14.1 Å². The summed E-state index contributed by atoms with van der Waals surface area (Å²) in [6.07, 6.45) is 2.77. The van der Waals surface area contributed by atoms with E-state index >= 15 is 0 Å². The van der Waals surface area contributed by atoms with Crippen LogP contribution in [0.2, 0.25) is 0 Å². The van der Waals surface area contributed by atoms with Gasteiger partial charge in [0.15, 0.2) is 0 Å². The Morgan fingerprint density at radius 2 is 2.07 bits per heavy atom. The Balaban J connectivity index is 1.64. The third kappa shape index (κ3) is 3.08. The smallest absolute Gasteiger partial charge is 0.215 e. The number of nitrogens with zero attached hydrogens (tertiary/aromatic N) is 5. The molecule has 8 heteroatoms. The Hall–Kier alpha value is -3.13. The van der Waals surface area contributed by atoms with Gasteiger partial charge in [-0.05, 0) is 31.0 Å². The molecule has 8 nitrogen and oxygen atoms in total. The SMILES string of the molecule is Cc1nn(C)c2c1CC(C)c1n[nH]c3ccc(cc13)-c1cnn(C)c1CNCCO2. The maximum atomic E-state index is 6.15. The molecule has 4 aromatic rings. The minimum atomic E-state index is 0.218. The molecule has 2 N–H and O–H groups in total. The van der Waals surface area contributed by atoms with Crippen LogP contribution >= 0.6 is 0 Å². The molecule has 1 atom stereocenters. The molecular formula is C22H27N7O. The lowest BCUT2D eigenvalue weighted by atomic mass is 9.94. The molecule has 3 aromatic heterocycles. The van der Waals surface area contributed by atoms with Crippen LogP contribution in [0.25, 0.3) is 22.0 Å². The first kappa shape index (κ1) is 18.9. The fourth-order valence-electron chi connectivity index (χ4n) is 4.42. The van der Waals surface area contributed by atoms with Crippen molar-refractivity contribution >= 4 is 10.9 Å². The zero-order chi connectivity index (χ0) is 20.8. The van der Waals surface area contributed by atoms with E-state index in [1.165, 1.54) is 0 Å². The Morgan fingerprint density at radius 1 is 1.20 bits per heavy atom. The van der Waals surface area contributed by atoms with Gasteiger partial charge in [0.2, 0.25) is 5.88 Å². The molecule has 0 aliphatic carbocycles. The van der Waals surface area contributed by atoms with Crippen LogP contribution in [-0.4, -0.2) is 42.9 Å². The summed E-state index contributed by atoms with van der Waals surface area (Å²) >= 11 is 0. The van der Waals surface area contributed by atoms with Gasteiger partial charge >= 0.3 is 0 Å². The van der Waals surface area contributed by atoms with Crippen molar-refractivity contribution in [3.05, 3.63) is 47.0 Å². The first-order valence-electron chi connectivity index (χ1n) is 10.4. The normalized spacial score (nSPS) is 17.3. The van der Waals surface area contributed by atoms with Gasteiger partial charge in [-0.15, -0.1) is 0 Å². The molecule has 0 fully saturated rings. The summed E-state index contributed by atoms with van der Waals surface area (Å²) in [4.78, 5) is 0. The molecule has 0 amide bonds. The minimum Gasteiger partial charge on any atom is -0.476 e. The highest BCUT2D eigenvalue weighted by Crippen LogP contribution is 2.33. The van der Waals surface area contributed by atoms with E-state index in [9.17, 15) is 0 Å². The summed E-state index contributed by atoms with van der Waals surface area (Å²) in [5, 5.41) is 21.6. The number of aromatic amines is 1. The number of H-pyrrole nitrogens is 1. The molecule has 1 unspecified atom stereocenters. The second-order valence-electron chi connectivity index (χ2n) is 8.12. The second kappa shape index (κ2) is 7.28. The summed E-state index contributed by atoms with van der Waals surface area (Å²) in [5.74, 6) is 1.06. The van der Waals surface area contributed by atoms with E-state index in [0.717, 1.165) is 70.1 Å². The number of fused-ring (bicyclic) bond motifs is 4. The van der Waals surface area contributed by atoms with Crippen LogP contribution < -0.4 is 10.1 Å². The van der Waals surface area contributed by atoms with Gasteiger partial charge < -0.3 is 10.1 Å². The standard InChI is InChI=1S/C22H27N7O/c1-13-9-16-14(2)27-29(4)22(16)30-8-7-23-12-20-18(11-24-28(20)3)15-5-6-19-17(10-15)21(13)26-25-19/h5-6,10-11,13,23H,7-9,12H2,1-4H3,(H,25,26). The van der Waals surface area contributed by atoms with E-state index in [0.29, 0.717) is 6.61 Å². The number of rotatable bonds is 0. The summed E-state index contributed by atoms with van der Waals surface area (Å²) in [6, 6.07) is 6.48. The highest BCUT2D eigenvalue weighted by molar-refractivity contribution is 5.87. The average molecular weight is 406 g/mol. The molecule has 1 aliphatic heterocycles. The number of hydrogen-bond acceptors (Lipinski definition) is 5. The molecule has 30 heavy (non-hydrogen) atoms. The Labute approximate surface area is 175 Å². The van der Waals surface area contributed by atoms with Crippen molar-refractivity contribution in [2.75, 3.05) is 13.2 Å². The lowest BCUT2D eigenvalue weighted by Gasteiger charge is -2.13. The molecule has 5 rings (SSSR count). The number of ether oxygens (including phenoxy) is 1. The Bertz CT molecular complexity index is 1220. The first-order valence-corrected chi connectivity index (χ1v) is 10.4. The molecule has 1 aliphatic rings. The topological polar surface area (TPSA) is 85.6 Å². The van der Waals surface area contributed by atoms with E-state index in [2.05, 4.69) is 50.8 Å². The Morgan fingerprint density at radius 3 is 2.93 bits per heavy atom. The molecule has 0 radical (unpaired) electrons. The number of benzene rings is 1. The second-order valence-corrected chi connectivity index (χ2v) is 8.12. The summed E-state index contributed by atoms with van der Waals surface area (Å²) in [6.45, 7) is 6.30. The average Bonchev–Trinajstić information content (AvgIpc) is 3.38. The number of aromatic nitrogens is 6. The third-order valence-electron chi connectivity index (χ3n) is 6.04. The molecule has 1 aromatic carbocycles. The zero-order valence-corrected chi connectivity index (χ0v) is 17.9. The van der Waals surface area contributed by atoms with Crippen molar-refractivity contribution in [1.29, 1.82) is 0 Å². The fraction of sp³-hybridized carbons (Fsp3) is 0.409. The quantitative estimate of drug-likeness (QED) is 0.470. The van der Waals surface area contributed by atoms with Gasteiger partial charge in [-0.25, -0.2) is 4.68 Å². The predicted octanol–water partition coefficient (Wildman–Crippen LogP) is 2.83. The van der Waals surface area contributed by atoms with Crippen LogP contribution in [0.3, 0.4) is 0 Å². The van der Waals surface area contributed by atoms with E-state index in [1.54, 1.807) is 0 Å². The van der Waals surface area contributed by atoms with Crippen LogP contribution in [0, 0.1) is 6.92 Å². The highest BCUT2D eigenvalue weighted by atomic mass is 16.5. The molecule has 0 spiro atoms. The van der Waals surface area contributed by atoms with E-state index in [1.807, 2.05) is 36.6 Å². The third-order valence-corrected chi connectivity index (χ3v) is 6.04. The minimum absolute atomic E-state index is 0.218. The van der Waals surface area contributed by atoms with Gasteiger partial charge in [-0.1, -0.05) is 13.0 Å². The van der Waals surface area contributed by atoms with Gasteiger partial charge in [-0.3, -0.25) is 9.78 Å². The van der Waals surface area contributed by atoms with Gasteiger partial charge in [0.05, 0.1) is 28.8 Å². The van der Waals surface area contributed by atoms with Crippen LogP contribution in [0.15, 0.2) is 24.4 Å². The largest absolute Gasteiger partial charge is 0.476 e. The number of aryl methyl sites for hydroxylation is 3. The van der Waals surface area contributed by atoms with Crippen LogP contribution in [0.5, 0.6) is 5.88 Å². The summed E-state index contributed by atoms with van der Waals surface area (Å²) in [7, 11) is 3.93. The van der Waals surface area contributed by atoms with Crippen molar-refractivity contribution < 1.29 is 4.74 Å². The first-order chi connectivity index (χ1) is 14.5. The maximum Gasteiger partial charge on any atom is 0.215 e. The summed E-state index contributed by atoms with van der Waals surface area (Å²) < 4.78 is 9.93. The van der Waals surface area contributed by atoms with E-state index in [-0.39, 0.29) is 5.92 Å². The molecule has 0 saturated carbocycles. The van der Waals surface area contributed by atoms with Crippen molar-refractivity contribution in [3.63, 3.8) is 0 Å². The van der Waals surface area contributed by atoms with Crippen molar-refractivity contribution in [2.45, 2.75) is 32.7 Å². The fourth-order valence-corrected chi connectivity index (χ4v) is 4.42. The van der Waals surface area contributed by atoms with Gasteiger partial charge in [0.1, 0.15) is 6.61 Å². The van der Waals surface area contributed by atoms with E-state index < -0.39 is 0 Å². The number of nitrogens with one attached hydrogen (secondary N) is 2. The summed E-state index contributed by atoms with van der Waals surface area (Å²) in [5.41, 5.74) is 7.74. The molecule has 4 heterocycles. The van der Waals surface area contributed by atoms with Crippen LogP contribution in [0.1, 0.15) is 35.5 Å². The number of hydrogen-bond donors (Lipinski definition) is 2. The van der Waals surface area contributed by atoms with Gasteiger partial charge in [0.25, 0.3) is 0 Å². The molecular weight excluding hydrogens is 378 g/mol. The lowest BCUT2D eigenvalue weighted by Crippen LogP contribution is -2.23. The molecule has 0 saturated heterocycles. The monoisotopic (exact) mass is 405 g/mol.